The van der Waals surface area contributed by atoms with Crippen molar-refractivity contribution in [2.75, 3.05) is 13.2 Å². The Labute approximate surface area is 159 Å². The van der Waals surface area contributed by atoms with Crippen LogP contribution in [0.5, 0.6) is 5.75 Å². The number of halogens is 2. The average Bonchev–Trinajstić information content (AvgIpc) is 2.65. The van der Waals surface area contributed by atoms with E-state index in [2.05, 4.69) is 10.6 Å². The fourth-order valence-electron chi connectivity index (χ4n) is 2.01. The van der Waals surface area contributed by atoms with Crippen LogP contribution < -0.4 is 21.1 Å². The van der Waals surface area contributed by atoms with E-state index in [1.54, 1.807) is 24.3 Å². The molecule has 2 aromatic rings. The van der Waals surface area contributed by atoms with Gasteiger partial charge in [0.25, 0.3) is 11.8 Å². The maximum atomic E-state index is 13.1. The van der Waals surface area contributed by atoms with Gasteiger partial charge in [0.15, 0.2) is 6.61 Å². The third-order valence-corrected chi connectivity index (χ3v) is 3.68. The van der Waals surface area contributed by atoms with Gasteiger partial charge in [0.1, 0.15) is 11.6 Å². The smallest absolute Gasteiger partial charge is 0.258 e. The van der Waals surface area contributed by atoms with Gasteiger partial charge < -0.3 is 21.1 Å². The van der Waals surface area contributed by atoms with E-state index < -0.39 is 17.6 Å². The number of carbonyl (C=O) groups excluding carboxylic acids is 3. The van der Waals surface area contributed by atoms with Crippen molar-refractivity contribution < 1.29 is 23.5 Å². The van der Waals surface area contributed by atoms with Gasteiger partial charge in [0, 0.05) is 18.2 Å². The number of primary amides is 1. The zero-order valence-electron chi connectivity index (χ0n) is 14.1. The molecule has 142 valence electrons. The zero-order valence-corrected chi connectivity index (χ0v) is 14.9. The lowest BCUT2D eigenvalue weighted by Gasteiger charge is -2.09. The van der Waals surface area contributed by atoms with Crippen molar-refractivity contribution in [3.63, 3.8) is 0 Å². The van der Waals surface area contributed by atoms with Crippen molar-refractivity contribution in [2.45, 2.75) is 6.54 Å². The Balaban J connectivity index is 1.78. The van der Waals surface area contributed by atoms with Crippen molar-refractivity contribution in [3.05, 3.63) is 64.4 Å². The molecule has 3 amide bonds. The minimum atomic E-state index is -0.632. The van der Waals surface area contributed by atoms with E-state index in [0.717, 1.165) is 11.6 Å². The van der Waals surface area contributed by atoms with E-state index in [4.69, 9.17) is 22.1 Å². The normalized spacial score (nSPS) is 10.1. The summed E-state index contributed by atoms with van der Waals surface area (Å²) < 4.78 is 18.3. The van der Waals surface area contributed by atoms with E-state index >= 15 is 0 Å². The molecule has 0 aliphatic heterocycles. The van der Waals surface area contributed by atoms with Gasteiger partial charge in [-0.15, -0.1) is 0 Å². The van der Waals surface area contributed by atoms with Crippen molar-refractivity contribution in [1.29, 1.82) is 0 Å². The van der Waals surface area contributed by atoms with Gasteiger partial charge in [-0.05, 0) is 29.8 Å². The van der Waals surface area contributed by atoms with Crippen molar-refractivity contribution >= 4 is 29.3 Å². The molecule has 9 heteroatoms. The summed E-state index contributed by atoms with van der Waals surface area (Å²) in [5, 5.41) is 4.94. The predicted molar refractivity (Wildman–Crippen MR) is 96.7 cm³/mol. The minimum absolute atomic E-state index is 0.0899. The Morgan fingerprint density at radius 3 is 2.41 bits per heavy atom. The first-order valence-corrected chi connectivity index (χ1v) is 8.23. The first kappa shape index (κ1) is 20.2. The molecule has 0 heterocycles. The van der Waals surface area contributed by atoms with Gasteiger partial charge in [-0.1, -0.05) is 23.7 Å². The first-order chi connectivity index (χ1) is 12.8. The van der Waals surface area contributed by atoms with Gasteiger partial charge in [0.05, 0.1) is 11.6 Å². The molecule has 0 bridgehead atoms. The molecule has 0 fully saturated rings. The summed E-state index contributed by atoms with van der Waals surface area (Å²) in [6.45, 7) is -0.263. The van der Waals surface area contributed by atoms with Crippen LogP contribution in [0.4, 0.5) is 4.39 Å². The van der Waals surface area contributed by atoms with E-state index in [1.165, 1.54) is 12.1 Å². The van der Waals surface area contributed by atoms with Crippen LogP contribution in [-0.4, -0.2) is 30.9 Å². The molecule has 0 radical (unpaired) electrons. The highest BCUT2D eigenvalue weighted by atomic mass is 35.5. The summed E-state index contributed by atoms with van der Waals surface area (Å²) in [6.07, 6.45) is 0. The van der Waals surface area contributed by atoms with Crippen LogP contribution in [0.25, 0.3) is 0 Å². The average molecular weight is 394 g/mol. The molecule has 2 rings (SSSR count). The highest BCUT2D eigenvalue weighted by Gasteiger charge is 2.08. The third-order valence-electron chi connectivity index (χ3n) is 3.39. The summed E-state index contributed by atoms with van der Waals surface area (Å²) >= 11 is 5.63. The van der Waals surface area contributed by atoms with Crippen molar-refractivity contribution in [2.24, 2.45) is 5.73 Å². The maximum Gasteiger partial charge on any atom is 0.258 e. The summed E-state index contributed by atoms with van der Waals surface area (Å²) in [5.41, 5.74) is 6.09. The Morgan fingerprint density at radius 1 is 1.07 bits per heavy atom. The number of hydrogen-bond donors (Lipinski definition) is 3. The lowest BCUT2D eigenvalue weighted by Crippen LogP contribution is -2.33. The summed E-state index contributed by atoms with van der Waals surface area (Å²) in [7, 11) is 0. The second-order valence-electron chi connectivity index (χ2n) is 5.49. The molecule has 4 N–H and O–H groups in total. The molecular formula is C18H17ClFN3O4. The molecule has 0 aliphatic rings. The molecule has 27 heavy (non-hydrogen) atoms. The SMILES string of the molecule is NC(=O)CNC(=O)c1ccc(CNC(=O)COc2ccc(F)c(Cl)c2)cc1. The molecule has 0 aliphatic carbocycles. The molecule has 7 nitrogen and oxygen atoms in total. The minimum Gasteiger partial charge on any atom is -0.484 e. The van der Waals surface area contributed by atoms with Crippen molar-refractivity contribution in [1.82, 2.24) is 10.6 Å². The monoisotopic (exact) mass is 393 g/mol. The van der Waals surface area contributed by atoms with Crippen LogP contribution in [-0.2, 0) is 16.1 Å². The Bertz CT molecular complexity index is 843. The summed E-state index contributed by atoms with van der Waals surface area (Å²) in [4.78, 5) is 34.2. The topological polar surface area (TPSA) is 111 Å². The number of rotatable bonds is 8. The lowest BCUT2D eigenvalue weighted by molar-refractivity contribution is -0.123. The van der Waals surface area contributed by atoms with Crippen LogP contribution >= 0.6 is 11.6 Å². The fourth-order valence-corrected chi connectivity index (χ4v) is 2.18. The Kier molecular flexibility index (Phi) is 7.13. The number of nitrogens with one attached hydrogen (secondary N) is 2. The number of carbonyl (C=O) groups is 3. The molecule has 0 unspecified atom stereocenters. The highest BCUT2D eigenvalue weighted by molar-refractivity contribution is 6.30. The molecule has 0 atom stereocenters. The second-order valence-corrected chi connectivity index (χ2v) is 5.89. The predicted octanol–water partition coefficient (Wildman–Crippen LogP) is 1.39. The van der Waals surface area contributed by atoms with E-state index in [1.807, 2.05) is 0 Å². The van der Waals surface area contributed by atoms with Gasteiger partial charge >= 0.3 is 0 Å². The summed E-state index contributed by atoms with van der Waals surface area (Å²) in [6, 6.07) is 10.3. The molecule has 0 saturated heterocycles. The van der Waals surface area contributed by atoms with Gasteiger partial charge in [-0.25, -0.2) is 4.39 Å². The molecule has 0 aromatic heterocycles. The lowest BCUT2D eigenvalue weighted by atomic mass is 10.1. The van der Waals surface area contributed by atoms with Crippen molar-refractivity contribution in [3.8, 4) is 5.75 Å². The largest absolute Gasteiger partial charge is 0.484 e. The van der Waals surface area contributed by atoms with Gasteiger partial charge in [0.2, 0.25) is 5.91 Å². The number of ether oxygens (including phenoxy) is 1. The fraction of sp³-hybridized carbons (Fsp3) is 0.167. The molecule has 0 saturated carbocycles. The highest BCUT2D eigenvalue weighted by Crippen LogP contribution is 2.20. The number of benzene rings is 2. The van der Waals surface area contributed by atoms with E-state index in [9.17, 15) is 18.8 Å². The first-order valence-electron chi connectivity index (χ1n) is 7.85. The van der Waals surface area contributed by atoms with E-state index in [-0.39, 0.29) is 36.4 Å². The standard InChI is InChI=1S/C18H17ClFN3O4/c19-14-7-13(5-6-15(14)20)27-10-17(25)22-8-11-1-3-12(4-2-11)18(26)23-9-16(21)24/h1-7H,8-10H2,(H2,21,24)(H,22,25)(H,23,26). The van der Waals surface area contributed by atoms with Gasteiger partial charge in [-0.2, -0.15) is 0 Å². The maximum absolute atomic E-state index is 13.1. The van der Waals surface area contributed by atoms with Crippen LogP contribution in [0.2, 0.25) is 5.02 Å². The number of hydrogen-bond acceptors (Lipinski definition) is 4. The van der Waals surface area contributed by atoms with Crippen LogP contribution in [0.1, 0.15) is 15.9 Å². The van der Waals surface area contributed by atoms with Crippen LogP contribution in [0.15, 0.2) is 42.5 Å². The number of amides is 3. The second kappa shape index (κ2) is 9.54. The third kappa shape index (κ3) is 6.59. The Morgan fingerprint density at radius 2 is 1.78 bits per heavy atom. The molecule has 2 aromatic carbocycles. The number of nitrogens with two attached hydrogens (primary N) is 1. The van der Waals surface area contributed by atoms with Crippen LogP contribution in [0.3, 0.4) is 0 Å². The van der Waals surface area contributed by atoms with E-state index in [0.29, 0.717) is 5.56 Å². The zero-order chi connectivity index (χ0) is 19.8. The molecular weight excluding hydrogens is 377 g/mol. The quantitative estimate of drug-likeness (QED) is 0.629. The summed E-state index contributed by atoms with van der Waals surface area (Å²) in [5.74, 6) is -1.72. The van der Waals surface area contributed by atoms with Crippen LogP contribution in [0, 0.1) is 5.82 Å². The molecule has 0 spiro atoms. The Hall–Kier alpha value is -3.13. The van der Waals surface area contributed by atoms with Gasteiger partial charge in [-0.3, -0.25) is 14.4 Å².